The number of hydrogen-bond acceptors (Lipinski definition) is 8. The minimum atomic E-state index is -1.18. The Hall–Kier alpha value is -2.59. The first-order valence-electron chi connectivity index (χ1n) is 9.28. The van der Waals surface area contributed by atoms with Crippen LogP contribution in [0.2, 0.25) is 0 Å². The van der Waals surface area contributed by atoms with Crippen LogP contribution in [0.3, 0.4) is 0 Å². The van der Waals surface area contributed by atoms with Gasteiger partial charge in [0.25, 0.3) is 0 Å². The molecule has 9 heteroatoms. The molecule has 1 saturated heterocycles. The molecule has 9 nitrogen and oxygen atoms in total. The molecule has 28 heavy (non-hydrogen) atoms. The summed E-state index contributed by atoms with van der Waals surface area (Å²) in [6, 6.07) is 10.3. The van der Waals surface area contributed by atoms with Gasteiger partial charge in [-0.2, -0.15) is 0 Å². The van der Waals surface area contributed by atoms with Crippen LogP contribution in [0.25, 0.3) is 0 Å². The minimum Gasteiger partial charge on any atom is -0.394 e. The Kier molecular flexibility index (Phi) is 4.24. The molecule has 0 spiro atoms. The second kappa shape index (κ2) is 6.78. The second-order valence-corrected chi connectivity index (χ2v) is 7.25. The molecule has 3 aliphatic heterocycles. The summed E-state index contributed by atoms with van der Waals surface area (Å²) >= 11 is 0. The van der Waals surface area contributed by atoms with E-state index in [0.29, 0.717) is 11.5 Å². The van der Waals surface area contributed by atoms with Crippen LogP contribution in [0.15, 0.2) is 46.6 Å². The highest BCUT2D eigenvalue weighted by atomic mass is 16.6. The maximum atomic E-state index is 10.3. The number of rotatable bonds is 4. The molecule has 1 aromatic heterocycles. The molecule has 0 unspecified atom stereocenters. The van der Waals surface area contributed by atoms with Gasteiger partial charge in [0.05, 0.1) is 25.3 Å². The van der Waals surface area contributed by atoms with Crippen molar-refractivity contribution < 1.29 is 20.1 Å². The van der Waals surface area contributed by atoms with Crippen molar-refractivity contribution in [1.82, 2.24) is 14.5 Å². The number of amidine groups is 1. The van der Waals surface area contributed by atoms with Gasteiger partial charge in [-0.15, -0.1) is 0 Å². The number of ether oxygens (including phenoxy) is 1. The Morgan fingerprint density at radius 2 is 1.96 bits per heavy atom. The van der Waals surface area contributed by atoms with Gasteiger partial charge in [0.1, 0.15) is 18.3 Å². The molecule has 0 saturated carbocycles. The van der Waals surface area contributed by atoms with E-state index in [2.05, 4.69) is 22.1 Å². The molecule has 5 atom stereocenters. The summed E-state index contributed by atoms with van der Waals surface area (Å²) in [5, 5.41) is 29.6. The molecule has 3 aliphatic rings. The van der Waals surface area contributed by atoms with Crippen LogP contribution in [-0.2, 0) is 11.2 Å². The lowest BCUT2D eigenvalue weighted by Crippen LogP contribution is -2.33. The number of aliphatic hydroxyl groups excluding tert-OH is 3. The third-order valence-electron chi connectivity index (χ3n) is 5.39. The van der Waals surface area contributed by atoms with E-state index in [0.717, 1.165) is 18.8 Å². The van der Waals surface area contributed by atoms with Crippen molar-refractivity contribution in [2.24, 2.45) is 9.98 Å². The van der Waals surface area contributed by atoms with Gasteiger partial charge in [0.2, 0.25) is 0 Å². The van der Waals surface area contributed by atoms with Gasteiger partial charge in [-0.05, 0) is 12.0 Å². The summed E-state index contributed by atoms with van der Waals surface area (Å²) in [4.78, 5) is 15.7. The number of imidazole rings is 1. The Balaban J connectivity index is 1.42. The van der Waals surface area contributed by atoms with E-state index in [1.165, 1.54) is 11.9 Å². The van der Waals surface area contributed by atoms with E-state index in [1.807, 2.05) is 23.1 Å². The zero-order valence-electron chi connectivity index (χ0n) is 15.0. The van der Waals surface area contributed by atoms with E-state index in [1.54, 1.807) is 10.9 Å². The van der Waals surface area contributed by atoms with E-state index in [-0.39, 0.29) is 12.6 Å². The van der Waals surface area contributed by atoms with E-state index < -0.39 is 24.5 Å². The second-order valence-electron chi connectivity index (χ2n) is 7.25. The number of fused-ring (bicyclic) bond motifs is 3. The van der Waals surface area contributed by atoms with Crippen molar-refractivity contribution >= 4 is 18.0 Å². The standard InChI is InChI=1S/C19H21N5O4/c25-8-13-15(26)16(27)19(28-13)24-10-20-14-17(24)21-9-23-7-12(22-18(14)23)6-11-4-2-1-3-5-11/h1-5,9-10,12-13,15-16,19,25-27H,6-8H2/t12-,13-,15-,16-,19-/m1/s1. The van der Waals surface area contributed by atoms with Gasteiger partial charge in [0.15, 0.2) is 23.6 Å². The molecular formula is C19H21N5O4. The maximum Gasteiger partial charge on any atom is 0.167 e. The highest BCUT2D eigenvalue weighted by molar-refractivity contribution is 6.09. The quantitative estimate of drug-likeness (QED) is 0.676. The Bertz CT molecular complexity index is 928. The van der Waals surface area contributed by atoms with Gasteiger partial charge in [-0.25, -0.2) is 9.98 Å². The first-order chi connectivity index (χ1) is 13.7. The molecule has 0 aliphatic carbocycles. The van der Waals surface area contributed by atoms with Crippen LogP contribution in [0.5, 0.6) is 0 Å². The molecule has 0 amide bonds. The van der Waals surface area contributed by atoms with Crippen molar-refractivity contribution in [2.45, 2.75) is 37.0 Å². The lowest BCUT2D eigenvalue weighted by molar-refractivity contribution is -0.0519. The Morgan fingerprint density at radius 1 is 1.14 bits per heavy atom. The monoisotopic (exact) mass is 383 g/mol. The molecule has 146 valence electrons. The van der Waals surface area contributed by atoms with Crippen LogP contribution in [0.1, 0.15) is 17.5 Å². The average molecular weight is 383 g/mol. The fourth-order valence-corrected chi connectivity index (χ4v) is 3.96. The highest BCUT2D eigenvalue weighted by Crippen LogP contribution is 2.36. The van der Waals surface area contributed by atoms with Gasteiger partial charge >= 0.3 is 0 Å². The Morgan fingerprint density at radius 3 is 2.71 bits per heavy atom. The molecule has 0 bridgehead atoms. The molecule has 1 fully saturated rings. The predicted molar refractivity (Wildman–Crippen MR) is 101 cm³/mol. The first kappa shape index (κ1) is 17.5. The van der Waals surface area contributed by atoms with E-state index in [9.17, 15) is 15.3 Å². The third-order valence-corrected chi connectivity index (χ3v) is 5.39. The molecule has 2 aromatic rings. The largest absolute Gasteiger partial charge is 0.394 e. The summed E-state index contributed by atoms with van der Waals surface area (Å²) < 4.78 is 7.19. The zero-order chi connectivity index (χ0) is 19.3. The molecule has 0 radical (unpaired) electrons. The number of benzene rings is 1. The number of aromatic nitrogens is 2. The summed E-state index contributed by atoms with van der Waals surface area (Å²) in [6.07, 6.45) is 0.0102. The first-order valence-corrected chi connectivity index (χ1v) is 9.28. The van der Waals surface area contributed by atoms with Crippen molar-refractivity contribution in [3.63, 3.8) is 0 Å². The smallest absolute Gasteiger partial charge is 0.167 e. The van der Waals surface area contributed by atoms with E-state index >= 15 is 0 Å². The summed E-state index contributed by atoms with van der Waals surface area (Å²) in [5.41, 5.74) is 1.85. The highest BCUT2D eigenvalue weighted by Gasteiger charge is 2.45. The van der Waals surface area contributed by atoms with Gasteiger partial charge in [-0.1, -0.05) is 30.3 Å². The minimum absolute atomic E-state index is 0.105. The van der Waals surface area contributed by atoms with Gasteiger partial charge in [-0.3, -0.25) is 9.56 Å². The summed E-state index contributed by atoms with van der Waals surface area (Å²) in [7, 11) is 0. The summed E-state index contributed by atoms with van der Waals surface area (Å²) in [6.45, 7) is 0.352. The van der Waals surface area contributed by atoms with Gasteiger partial charge < -0.3 is 25.0 Å². The van der Waals surface area contributed by atoms with Crippen molar-refractivity contribution in [3.8, 4) is 0 Å². The van der Waals surface area contributed by atoms with Crippen LogP contribution >= 0.6 is 0 Å². The van der Waals surface area contributed by atoms with Crippen LogP contribution in [0.4, 0.5) is 5.82 Å². The van der Waals surface area contributed by atoms with Crippen molar-refractivity contribution in [1.29, 1.82) is 0 Å². The number of nitrogens with zero attached hydrogens (tertiary/aromatic N) is 5. The molecule has 3 N–H and O–H groups in total. The van der Waals surface area contributed by atoms with E-state index in [4.69, 9.17) is 9.73 Å². The SMILES string of the molecule is OC[C@H]1O[C@@H](n2cnc3c2N=CN2C[C@@H](Cc4ccccc4)N=C32)[C@H](O)[C@@H]1O. The normalized spacial score (nSPS) is 31.0. The molecule has 5 rings (SSSR count). The maximum absolute atomic E-state index is 10.3. The lowest BCUT2D eigenvalue weighted by atomic mass is 10.1. The van der Waals surface area contributed by atoms with Gasteiger partial charge in [0, 0.05) is 6.54 Å². The zero-order valence-corrected chi connectivity index (χ0v) is 15.0. The lowest BCUT2D eigenvalue weighted by Gasteiger charge is -2.21. The third kappa shape index (κ3) is 2.75. The molecule has 1 aromatic carbocycles. The summed E-state index contributed by atoms with van der Waals surface area (Å²) in [5.74, 6) is 1.27. The van der Waals surface area contributed by atoms with Crippen LogP contribution < -0.4 is 0 Å². The predicted octanol–water partition coefficient (Wildman–Crippen LogP) is -0.159. The Labute approximate surface area is 161 Å². The average Bonchev–Trinajstić information content (AvgIpc) is 3.38. The number of aliphatic imine (C=N–C) groups is 2. The van der Waals surface area contributed by atoms with Crippen molar-refractivity contribution in [3.05, 3.63) is 47.9 Å². The van der Waals surface area contributed by atoms with Crippen molar-refractivity contribution in [2.75, 3.05) is 13.2 Å². The van der Waals surface area contributed by atoms with Crippen LogP contribution in [0, 0.1) is 0 Å². The number of aliphatic hydroxyl groups is 3. The molecular weight excluding hydrogens is 362 g/mol. The van der Waals surface area contributed by atoms with Crippen LogP contribution in [-0.4, -0.2) is 79.5 Å². The fraction of sp³-hybridized carbons (Fsp3) is 0.421. The fourth-order valence-electron chi connectivity index (χ4n) is 3.96. The number of hydrogen-bond donors (Lipinski definition) is 3. The molecule has 4 heterocycles. The topological polar surface area (TPSA) is 116 Å².